The molecule has 0 bridgehead atoms. The summed E-state index contributed by atoms with van der Waals surface area (Å²) in [6.07, 6.45) is 0.914. The number of nitrogens with zero attached hydrogens (tertiary/aromatic N) is 1. The molecule has 0 saturated heterocycles. The third-order valence-corrected chi connectivity index (χ3v) is 6.63. The molecular weight excluding hydrogens is 362 g/mol. The third-order valence-electron chi connectivity index (χ3n) is 4.56. The largest absolute Gasteiger partial charge is 0.337 e. The summed E-state index contributed by atoms with van der Waals surface area (Å²) in [6, 6.07) is 12.7. The number of carbonyl (C=O) groups excluding carboxylic acids is 1. The lowest BCUT2D eigenvalue weighted by molar-refractivity contribution is 0.229. The average Bonchev–Trinajstić information content (AvgIpc) is 3.28. The molecule has 1 aromatic carbocycles. The molecule has 0 fully saturated rings. The smallest absolute Gasteiger partial charge is 0.315 e. The van der Waals surface area contributed by atoms with Crippen LogP contribution in [0.25, 0.3) is 10.1 Å². The lowest BCUT2D eigenvalue weighted by atomic mass is 10.0. The molecule has 3 aromatic rings. The zero-order chi connectivity index (χ0) is 18.5. The SMILES string of the molecule is CC(NC(=O)NCC(Cc1csc2ccccc12)N(C)C)c1cccs1. The minimum atomic E-state index is -0.118. The number of carbonyl (C=O) groups is 1. The van der Waals surface area contributed by atoms with E-state index in [2.05, 4.69) is 59.3 Å². The van der Waals surface area contributed by atoms with E-state index in [1.165, 1.54) is 15.6 Å². The van der Waals surface area contributed by atoms with E-state index in [1.54, 1.807) is 22.7 Å². The van der Waals surface area contributed by atoms with Crippen LogP contribution in [0.3, 0.4) is 0 Å². The molecule has 138 valence electrons. The summed E-state index contributed by atoms with van der Waals surface area (Å²) in [7, 11) is 4.13. The summed E-state index contributed by atoms with van der Waals surface area (Å²) >= 11 is 3.44. The Hall–Kier alpha value is -1.89. The Morgan fingerprint density at radius 2 is 1.96 bits per heavy atom. The zero-order valence-corrected chi connectivity index (χ0v) is 17.0. The molecule has 3 rings (SSSR count). The fourth-order valence-electron chi connectivity index (χ4n) is 2.95. The van der Waals surface area contributed by atoms with Gasteiger partial charge in [-0.05, 0) is 61.3 Å². The monoisotopic (exact) mass is 387 g/mol. The second kappa shape index (κ2) is 8.66. The van der Waals surface area contributed by atoms with Crippen molar-refractivity contribution < 1.29 is 4.79 Å². The predicted molar refractivity (Wildman–Crippen MR) is 112 cm³/mol. The Morgan fingerprint density at radius 1 is 1.15 bits per heavy atom. The summed E-state index contributed by atoms with van der Waals surface area (Å²) in [5.74, 6) is 0. The highest BCUT2D eigenvalue weighted by Gasteiger charge is 2.17. The number of fused-ring (bicyclic) bond motifs is 1. The van der Waals surface area contributed by atoms with Crippen LogP contribution in [0.1, 0.15) is 23.4 Å². The minimum absolute atomic E-state index is 0.0219. The maximum atomic E-state index is 12.3. The average molecular weight is 388 g/mol. The van der Waals surface area contributed by atoms with E-state index in [0.29, 0.717) is 6.54 Å². The highest BCUT2D eigenvalue weighted by atomic mass is 32.1. The second-order valence-corrected chi connectivity index (χ2v) is 8.56. The van der Waals surface area contributed by atoms with Crippen LogP contribution >= 0.6 is 22.7 Å². The maximum absolute atomic E-state index is 12.3. The molecule has 0 aliphatic rings. The Bertz CT molecular complexity index is 842. The number of thiophene rings is 2. The van der Waals surface area contributed by atoms with Gasteiger partial charge >= 0.3 is 6.03 Å². The number of nitrogens with one attached hydrogen (secondary N) is 2. The van der Waals surface area contributed by atoms with Gasteiger partial charge in [0.2, 0.25) is 0 Å². The van der Waals surface area contributed by atoms with Crippen LogP contribution in [0.2, 0.25) is 0 Å². The van der Waals surface area contributed by atoms with Gasteiger partial charge < -0.3 is 15.5 Å². The molecule has 0 saturated carbocycles. The number of amides is 2. The van der Waals surface area contributed by atoms with E-state index in [4.69, 9.17) is 0 Å². The van der Waals surface area contributed by atoms with E-state index in [-0.39, 0.29) is 18.1 Å². The van der Waals surface area contributed by atoms with Crippen molar-refractivity contribution >= 4 is 38.8 Å². The zero-order valence-electron chi connectivity index (χ0n) is 15.4. The number of benzene rings is 1. The van der Waals surface area contributed by atoms with Crippen LogP contribution in [0.15, 0.2) is 47.2 Å². The van der Waals surface area contributed by atoms with Crippen molar-refractivity contribution in [3.05, 3.63) is 57.6 Å². The first-order valence-corrected chi connectivity index (χ1v) is 10.5. The van der Waals surface area contributed by atoms with E-state index in [1.807, 2.05) is 24.4 Å². The quantitative estimate of drug-likeness (QED) is 0.627. The van der Waals surface area contributed by atoms with Crippen LogP contribution in [0.4, 0.5) is 4.79 Å². The van der Waals surface area contributed by atoms with Gasteiger partial charge in [0, 0.05) is 22.2 Å². The molecule has 2 aromatic heterocycles. The van der Waals surface area contributed by atoms with Crippen LogP contribution in [-0.2, 0) is 6.42 Å². The molecule has 2 amide bonds. The van der Waals surface area contributed by atoms with Crippen LogP contribution < -0.4 is 10.6 Å². The van der Waals surface area contributed by atoms with Gasteiger partial charge in [0.05, 0.1) is 6.04 Å². The van der Waals surface area contributed by atoms with Crippen molar-refractivity contribution in [1.29, 1.82) is 0 Å². The van der Waals surface area contributed by atoms with Gasteiger partial charge in [-0.3, -0.25) is 0 Å². The molecule has 0 spiro atoms. The van der Waals surface area contributed by atoms with Gasteiger partial charge in [0.1, 0.15) is 0 Å². The fraction of sp³-hybridized carbons (Fsp3) is 0.350. The predicted octanol–water partition coefficient (Wildman–Crippen LogP) is 4.50. The summed E-state index contributed by atoms with van der Waals surface area (Å²) in [5.41, 5.74) is 1.35. The van der Waals surface area contributed by atoms with Crippen LogP contribution in [-0.4, -0.2) is 37.6 Å². The standard InChI is InChI=1S/C20H25N3OS2/c1-14(18-9-6-10-25-18)22-20(24)21-12-16(23(2)3)11-15-13-26-19-8-5-4-7-17(15)19/h4-10,13-14,16H,11-12H2,1-3H3,(H2,21,22,24). The number of hydrogen-bond donors (Lipinski definition) is 2. The van der Waals surface area contributed by atoms with Crippen molar-refractivity contribution in [2.45, 2.75) is 25.4 Å². The first kappa shape index (κ1) is 18.9. The first-order chi connectivity index (χ1) is 12.5. The highest BCUT2D eigenvalue weighted by Crippen LogP contribution is 2.27. The van der Waals surface area contributed by atoms with Crippen LogP contribution in [0, 0.1) is 0 Å². The van der Waals surface area contributed by atoms with Gasteiger partial charge in [-0.25, -0.2) is 4.79 Å². The fourth-order valence-corrected chi connectivity index (χ4v) is 4.66. The minimum Gasteiger partial charge on any atom is -0.337 e. The van der Waals surface area contributed by atoms with Gasteiger partial charge in [0.15, 0.2) is 0 Å². The van der Waals surface area contributed by atoms with Gasteiger partial charge in [-0.15, -0.1) is 22.7 Å². The summed E-state index contributed by atoms with van der Waals surface area (Å²) in [6.45, 7) is 2.62. The molecule has 2 unspecified atom stereocenters. The summed E-state index contributed by atoms with van der Waals surface area (Å²) < 4.78 is 1.32. The molecule has 4 nitrogen and oxygen atoms in total. The van der Waals surface area contributed by atoms with Crippen molar-refractivity contribution in [2.75, 3.05) is 20.6 Å². The van der Waals surface area contributed by atoms with Crippen molar-refractivity contribution in [3.8, 4) is 0 Å². The lowest BCUT2D eigenvalue weighted by Gasteiger charge is -2.25. The van der Waals surface area contributed by atoms with Gasteiger partial charge in [0.25, 0.3) is 0 Å². The number of hydrogen-bond acceptors (Lipinski definition) is 4. The van der Waals surface area contributed by atoms with Crippen molar-refractivity contribution in [1.82, 2.24) is 15.5 Å². The molecular formula is C20H25N3OS2. The van der Waals surface area contributed by atoms with Crippen molar-refractivity contribution in [3.63, 3.8) is 0 Å². The molecule has 2 N–H and O–H groups in total. The molecule has 26 heavy (non-hydrogen) atoms. The maximum Gasteiger partial charge on any atom is 0.315 e. The third kappa shape index (κ3) is 4.63. The Morgan fingerprint density at radius 3 is 2.69 bits per heavy atom. The number of likely N-dealkylation sites (N-methyl/N-ethyl adjacent to an activating group) is 1. The molecule has 0 aliphatic heterocycles. The summed E-state index contributed by atoms with van der Waals surface area (Å²) in [5, 5.41) is 11.6. The molecule has 0 aliphatic carbocycles. The Kier molecular flexibility index (Phi) is 6.29. The highest BCUT2D eigenvalue weighted by molar-refractivity contribution is 7.17. The summed E-state index contributed by atoms with van der Waals surface area (Å²) in [4.78, 5) is 15.6. The van der Waals surface area contributed by atoms with E-state index in [9.17, 15) is 4.79 Å². The number of urea groups is 1. The number of rotatable bonds is 7. The van der Waals surface area contributed by atoms with E-state index >= 15 is 0 Å². The van der Waals surface area contributed by atoms with E-state index < -0.39 is 0 Å². The molecule has 6 heteroatoms. The molecule has 0 radical (unpaired) electrons. The van der Waals surface area contributed by atoms with Gasteiger partial charge in [-0.2, -0.15) is 0 Å². The second-order valence-electron chi connectivity index (χ2n) is 6.67. The Labute approximate surface area is 162 Å². The first-order valence-electron chi connectivity index (χ1n) is 8.74. The van der Waals surface area contributed by atoms with E-state index in [0.717, 1.165) is 11.3 Å². The van der Waals surface area contributed by atoms with Gasteiger partial charge in [-0.1, -0.05) is 24.3 Å². The Balaban J connectivity index is 1.57. The van der Waals surface area contributed by atoms with Crippen molar-refractivity contribution in [2.24, 2.45) is 0 Å². The lowest BCUT2D eigenvalue weighted by Crippen LogP contribution is -2.45. The van der Waals surface area contributed by atoms with Crippen LogP contribution in [0.5, 0.6) is 0 Å². The normalized spacial score (nSPS) is 13.7. The topological polar surface area (TPSA) is 44.4 Å². The molecule has 2 atom stereocenters. The molecule has 2 heterocycles.